The number of fused-ring (bicyclic) bond motifs is 3. The fourth-order valence-electron chi connectivity index (χ4n) is 4.45. The summed E-state index contributed by atoms with van der Waals surface area (Å²) in [5.41, 5.74) is -2.58. The first-order valence-corrected chi connectivity index (χ1v) is 11.4. The number of rotatable bonds is 3. The smallest absolute Gasteiger partial charge is 0.462 e. The van der Waals surface area contributed by atoms with Gasteiger partial charge in [-0.1, -0.05) is 35.9 Å². The molecule has 0 N–H and O–H groups in total. The average Bonchev–Trinajstić information content (AvgIpc) is 2.98. The Morgan fingerprint density at radius 3 is 2.34 bits per heavy atom. The van der Waals surface area contributed by atoms with Crippen molar-refractivity contribution in [3.05, 3.63) is 69.8 Å². The van der Waals surface area contributed by atoms with Crippen LogP contribution < -0.4 is 4.90 Å². The molecule has 1 amide bonds. The molecule has 2 aromatic rings. The van der Waals surface area contributed by atoms with Crippen molar-refractivity contribution in [2.75, 3.05) is 18.6 Å². The van der Waals surface area contributed by atoms with Gasteiger partial charge >= 0.3 is 12.1 Å². The van der Waals surface area contributed by atoms with E-state index in [0.29, 0.717) is 5.69 Å². The van der Waals surface area contributed by atoms with Crippen LogP contribution in [0.4, 0.5) is 10.5 Å². The van der Waals surface area contributed by atoms with E-state index in [1.165, 1.54) is 30.1 Å². The van der Waals surface area contributed by atoms with E-state index in [4.69, 9.17) is 25.8 Å². The van der Waals surface area contributed by atoms with Crippen molar-refractivity contribution in [3.63, 3.8) is 0 Å². The Labute approximate surface area is 207 Å². The number of Topliss-reactive ketones (excluding diaryl/α,β-unsaturated/α-hetero) is 1. The molecule has 9 heteroatoms. The van der Waals surface area contributed by atoms with E-state index in [-0.39, 0.29) is 34.1 Å². The molecule has 8 nitrogen and oxygen atoms in total. The quantitative estimate of drug-likeness (QED) is 0.448. The van der Waals surface area contributed by atoms with Gasteiger partial charge in [-0.2, -0.15) is 0 Å². The summed E-state index contributed by atoms with van der Waals surface area (Å²) >= 11 is 6.27. The molecule has 1 unspecified atom stereocenters. The summed E-state index contributed by atoms with van der Waals surface area (Å²) < 4.78 is 16.2. The highest BCUT2D eigenvalue weighted by Crippen LogP contribution is 2.53. The zero-order valence-electron chi connectivity index (χ0n) is 19.9. The van der Waals surface area contributed by atoms with Crippen LogP contribution in [0.3, 0.4) is 0 Å². The Hall–Kier alpha value is -3.65. The summed E-state index contributed by atoms with van der Waals surface area (Å²) in [5.74, 6) is -2.58. The molecule has 1 spiro atoms. The second-order valence-corrected chi connectivity index (χ2v) is 9.58. The molecule has 1 atom stereocenters. The molecule has 182 valence electrons. The van der Waals surface area contributed by atoms with Crippen LogP contribution in [-0.2, 0) is 29.2 Å². The minimum atomic E-state index is -2.16. The maximum Gasteiger partial charge on any atom is 0.514 e. The van der Waals surface area contributed by atoms with Crippen LogP contribution in [0.15, 0.2) is 48.0 Å². The van der Waals surface area contributed by atoms with E-state index in [1.54, 1.807) is 52.0 Å². The Kier molecular flexibility index (Phi) is 5.97. The number of halogens is 1. The Balaban J connectivity index is 2.10. The molecular weight excluding hydrogens is 474 g/mol. The van der Waals surface area contributed by atoms with Gasteiger partial charge in [0.15, 0.2) is 17.0 Å². The molecule has 0 radical (unpaired) electrons. The van der Waals surface area contributed by atoms with Gasteiger partial charge in [0.2, 0.25) is 5.91 Å². The molecule has 0 bridgehead atoms. The van der Waals surface area contributed by atoms with Gasteiger partial charge in [-0.05, 0) is 45.9 Å². The van der Waals surface area contributed by atoms with E-state index >= 15 is 0 Å². The normalized spacial score (nSPS) is 19.0. The zero-order valence-corrected chi connectivity index (χ0v) is 20.7. The van der Waals surface area contributed by atoms with Crippen molar-refractivity contribution in [1.82, 2.24) is 0 Å². The second kappa shape index (κ2) is 8.53. The number of ether oxygens (including phenoxy) is 3. The molecule has 0 aromatic heterocycles. The fraction of sp³-hybridized carbons (Fsp3) is 0.308. The highest BCUT2D eigenvalue weighted by molar-refractivity contribution is 6.36. The number of nitrogens with zero attached hydrogens (tertiary/aromatic N) is 1. The summed E-state index contributed by atoms with van der Waals surface area (Å²) in [6.45, 7) is 6.51. The molecule has 35 heavy (non-hydrogen) atoms. The molecule has 1 aliphatic heterocycles. The lowest BCUT2D eigenvalue weighted by atomic mass is 9.65. The highest BCUT2D eigenvalue weighted by atomic mass is 35.5. The average molecular weight is 498 g/mol. The fourth-order valence-corrected chi connectivity index (χ4v) is 4.62. The molecular formula is C26H24ClNO7. The summed E-state index contributed by atoms with van der Waals surface area (Å²) in [6.07, 6.45) is -1.10. The third-order valence-corrected chi connectivity index (χ3v) is 6.00. The lowest BCUT2D eigenvalue weighted by molar-refractivity contribution is -0.140. The first kappa shape index (κ1) is 24.5. The molecule has 2 aliphatic rings. The third-order valence-electron chi connectivity index (χ3n) is 5.76. The van der Waals surface area contributed by atoms with Crippen LogP contribution in [-0.4, -0.2) is 43.1 Å². The lowest BCUT2D eigenvalue weighted by Gasteiger charge is -2.34. The number of carbonyl (C=O) groups is 4. The van der Waals surface area contributed by atoms with Gasteiger partial charge in [0, 0.05) is 34.4 Å². The molecule has 1 aliphatic carbocycles. The predicted octanol–water partition coefficient (Wildman–Crippen LogP) is 4.68. The number of likely N-dealkylation sites (N-methyl/N-ethyl adjacent to an activating group) is 1. The molecule has 4 rings (SSSR count). The van der Waals surface area contributed by atoms with Crippen LogP contribution in [0.1, 0.15) is 49.2 Å². The van der Waals surface area contributed by atoms with Crippen LogP contribution in [0.25, 0.3) is 5.76 Å². The number of esters is 1. The summed E-state index contributed by atoms with van der Waals surface area (Å²) in [5, 5.41) is 0.260. The van der Waals surface area contributed by atoms with E-state index in [2.05, 4.69) is 0 Å². The number of carbonyl (C=O) groups excluding carboxylic acids is 4. The first-order valence-electron chi connectivity index (χ1n) is 11.0. The van der Waals surface area contributed by atoms with Gasteiger partial charge in [0.05, 0.1) is 6.61 Å². The number of benzene rings is 2. The van der Waals surface area contributed by atoms with Crippen molar-refractivity contribution in [1.29, 1.82) is 0 Å². The van der Waals surface area contributed by atoms with Gasteiger partial charge in [0.25, 0.3) is 0 Å². The summed E-state index contributed by atoms with van der Waals surface area (Å²) in [4.78, 5) is 55.6. The van der Waals surface area contributed by atoms with E-state index in [9.17, 15) is 19.2 Å². The van der Waals surface area contributed by atoms with Crippen LogP contribution in [0.2, 0.25) is 5.02 Å². The third kappa shape index (κ3) is 3.78. The Bertz CT molecular complexity index is 1310. The standard InChI is InChI=1S/C26H24ClNO7/c1-6-33-22(30)19-20(34-24(32)35-25(2,3)4)15-9-7-8-10-16(15)21(29)26(19)17-13-14(27)11-12-18(17)28(5)23(26)31/h7-13H,6H2,1-5H3. The highest BCUT2D eigenvalue weighted by Gasteiger charge is 2.64. The van der Waals surface area contributed by atoms with Crippen molar-refractivity contribution in [2.24, 2.45) is 0 Å². The van der Waals surface area contributed by atoms with Crippen molar-refractivity contribution >= 4 is 46.9 Å². The number of amides is 1. The SMILES string of the molecule is CCOC(=O)C1=C(OC(=O)OC(C)(C)C)c2ccccc2C(=O)C12C(=O)N(C)c1ccc(Cl)cc12. The van der Waals surface area contributed by atoms with Crippen LogP contribution >= 0.6 is 11.6 Å². The zero-order chi connectivity index (χ0) is 25.7. The van der Waals surface area contributed by atoms with E-state index in [0.717, 1.165) is 0 Å². The van der Waals surface area contributed by atoms with Gasteiger partial charge in [0.1, 0.15) is 11.2 Å². The van der Waals surface area contributed by atoms with Gasteiger partial charge in [-0.3, -0.25) is 9.59 Å². The molecule has 0 saturated heterocycles. The van der Waals surface area contributed by atoms with Gasteiger partial charge in [-0.25, -0.2) is 9.59 Å². The number of hydrogen-bond acceptors (Lipinski definition) is 7. The second-order valence-electron chi connectivity index (χ2n) is 9.14. The summed E-state index contributed by atoms with van der Waals surface area (Å²) in [7, 11) is 1.49. The van der Waals surface area contributed by atoms with Crippen LogP contribution in [0, 0.1) is 0 Å². The van der Waals surface area contributed by atoms with Crippen LogP contribution in [0.5, 0.6) is 0 Å². The van der Waals surface area contributed by atoms with E-state index in [1.807, 2.05) is 0 Å². The lowest BCUT2D eigenvalue weighted by Crippen LogP contribution is -2.51. The number of anilines is 1. The Morgan fingerprint density at radius 1 is 1.06 bits per heavy atom. The predicted molar refractivity (Wildman–Crippen MR) is 128 cm³/mol. The molecule has 0 saturated carbocycles. The van der Waals surface area contributed by atoms with Gasteiger partial charge in [-0.15, -0.1) is 0 Å². The topological polar surface area (TPSA) is 99.2 Å². The maximum atomic E-state index is 14.1. The van der Waals surface area contributed by atoms with Crippen molar-refractivity contribution in [2.45, 2.75) is 38.7 Å². The Morgan fingerprint density at radius 2 is 1.71 bits per heavy atom. The number of hydrogen-bond donors (Lipinski definition) is 0. The van der Waals surface area contributed by atoms with Crippen molar-refractivity contribution in [3.8, 4) is 0 Å². The number of ketones is 1. The first-order chi connectivity index (χ1) is 16.4. The van der Waals surface area contributed by atoms with Crippen molar-refractivity contribution < 1.29 is 33.4 Å². The largest absolute Gasteiger partial charge is 0.514 e. The van der Waals surface area contributed by atoms with E-state index < -0.39 is 40.4 Å². The monoisotopic (exact) mass is 497 g/mol. The summed E-state index contributed by atoms with van der Waals surface area (Å²) in [6, 6.07) is 10.9. The molecule has 2 aromatic carbocycles. The minimum absolute atomic E-state index is 0.0413. The molecule has 1 heterocycles. The maximum absolute atomic E-state index is 14.1. The van der Waals surface area contributed by atoms with Gasteiger partial charge < -0.3 is 19.1 Å². The minimum Gasteiger partial charge on any atom is -0.462 e. The molecule has 0 fully saturated rings.